The second-order valence-corrected chi connectivity index (χ2v) is 3.98. The number of hydrogen-bond acceptors (Lipinski definition) is 6. The van der Waals surface area contributed by atoms with Crippen molar-refractivity contribution in [3.8, 4) is 0 Å². The molecule has 0 bridgehead atoms. The van der Waals surface area contributed by atoms with Crippen LogP contribution in [0.25, 0.3) is 0 Å². The van der Waals surface area contributed by atoms with Crippen LogP contribution in [0.4, 0.5) is 0 Å². The van der Waals surface area contributed by atoms with Gasteiger partial charge in [0.2, 0.25) is 5.91 Å². The maximum Gasteiger partial charge on any atom is 0.421 e. The molecule has 3 heterocycles. The molecule has 2 spiro atoms. The van der Waals surface area contributed by atoms with Crippen LogP contribution in [0.1, 0.15) is 6.42 Å². The van der Waals surface area contributed by atoms with Crippen molar-refractivity contribution in [2.75, 3.05) is 13.1 Å². The fraction of sp³-hybridized carbons (Fsp3) is 0.625. The standard InChI is InChI=1S/C8H8N2O5/c11-4-1-7(2-9-4)3-10-8(7)14-5(12)6(13)15-8/h10H,1-3H2,(H,9,11). The average Bonchev–Trinajstić information content (AvgIpc) is 2.71. The van der Waals surface area contributed by atoms with Gasteiger partial charge in [0.15, 0.2) is 0 Å². The van der Waals surface area contributed by atoms with Crippen LogP contribution in [-0.4, -0.2) is 36.8 Å². The molecular formula is C8H8N2O5. The van der Waals surface area contributed by atoms with Crippen molar-refractivity contribution in [3.63, 3.8) is 0 Å². The number of nitrogens with one attached hydrogen (secondary N) is 2. The number of carbonyl (C=O) groups is 3. The van der Waals surface area contributed by atoms with Crippen molar-refractivity contribution in [2.45, 2.75) is 12.3 Å². The zero-order chi connectivity index (χ0) is 10.7. The van der Waals surface area contributed by atoms with E-state index in [-0.39, 0.29) is 12.3 Å². The maximum atomic E-state index is 11.1. The zero-order valence-corrected chi connectivity index (χ0v) is 7.66. The van der Waals surface area contributed by atoms with Crippen molar-refractivity contribution in [1.29, 1.82) is 0 Å². The van der Waals surface area contributed by atoms with Gasteiger partial charge in [-0.3, -0.25) is 4.79 Å². The van der Waals surface area contributed by atoms with Crippen LogP contribution < -0.4 is 10.6 Å². The summed E-state index contributed by atoms with van der Waals surface area (Å²) < 4.78 is 9.74. The van der Waals surface area contributed by atoms with Crippen LogP contribution in [-0.2, 0) is 23.9 Å². The van der Waals surface area contributed by atoms with Gasteiger partial charge < -0.3 is 14.8 Å². The van der Waals surface area contributed by atoms with Gasteiger partial charge in [-0.15, -0.1) is 0 Å². The molecule has 3 aliphatic rings. The molecule has 7 heteroatoms. The van der Waals surface area contributed by atoms with Crippen LogP contribution in [0.5, 0.6) is 0 Å². The molecule has 1 unspecified atom stereocenters. The summed E-state index contributed by atoms with van der Waals surface area (Å²) in [6.07, 6.45) is 0.195. The number of ether oxygens (including phenoxy) is 2. The van der Waals surface area contributed by atoms with Gasteiger partial charge in [-0.1, -0.05) is 0 Å². The van der Waals surface area contributed by atoms with E-state index in [2.05, 4.69) is 10.6 Å². The van der Waals surface area contributed by atoms with Gasteiger partial charge >= 0.3 is 17.8 Å². The Morgan fingerprint density at radius 2 is 1.73 bits per heavy atom. The molecule has 15 heavy (non-hydrogen) atoms. The lowest BCUT2D eigenvalue weighted by atomic mass is 9.76. The minimum absolute atomic E-state index is 0.130. The third kappa shape index (κ3) is 0.858. The first kappa shape index (κ1) is 8.66. The summed E-state index contributed by atoms with van der Waals surface area (Å²) in [5.41, 5.74) is -0.633. The summed E-state index contributed by atoms with van der Waals surface area (Å²) in [6.45, 7) is 0.825. The van der Waals surface area contributed by atoms with Crippen molar-refractivity contribution in [2.24, 2.45) is 5.41 Å². The Morgan fingerprint density at radius 1 is 1.07 bits per heavy atom. The Morgan fingerprint density at radius 3 is 2.13 bits per heavy atom. The molecule has 2 N–H and O–H groups in total. The zero-order valence-electron chi connectivity index (χ0n) is 7.66. The molecule has 0 saturated carbocycles. The molecule has 0 aromatic heterocycles. The predicted molar refractivity (Wildman–Crippen MR) is 43.0 cm³/mol. The predicted octanol–water partition coefficient (Wildman–Crippen LogP) is -2.15. The Bertz CT molecular complexity index is 376. The number of fused-ring (bicyclic) bond motifs is 1. The van der Waals surface area contributed by atoms with Crippen LogP contribution >= 0.6 is 0 Å². The summed E-state index contributed by atoms with van der Waals surface area (Å²) in [5.74, 6) is -3.57. The van der Waals surface area contributed by atoms with Gasteiger partial charge in [-0.2, -0.15) is 0 Å². The highest BCUT2D eigenvalue weighted by atomic mass is 16.8. The van der Waals surface area contributed by atoms with E-state index in [4.69, 9.17) is 9.47 Å². The lowest BCUT2D eigenvalue weighted by Crippen LogP contribution is -2.74. The molecule has 80 valence electrons. The normalized spacial score (nSPS) is 36.4. The first-order valence-electron chi connectivity index (χ1n) is 4.55. The molecule has 0 radical (unpaired) electrons. The molecule has 0 aromatic rings. The molecule has 3 rings (SSSR count). The Kier molecular flexibility index (Phi) is 1.33. The summed E-state index contributed by atoms with van der Waals surface area (Å²) in [6, 6.07) is 0. The minimum Gasteiger partial charge on any atom is -0.399 e. The molecule has 1 amide bonds. The highest BCUT2D eigenvalue weighted by molar-refractivity contribution is 6.31. The monoisotopic (exact) mass is 212 g/mol. The summed E-state index contributed by atoms with van der Waals surface area (Å²) in [4.78, 5) is 33.1. The lowest BCUT2D eigenvalue weighted by molar-refractivity contribution is -0.292. The van der Waals surface area contributed by atoms with Gasteiger partial charge in [0.05, 0.1) is 0 Å². The van der Waals surface area contributed by atoms with E-state index < -0.39 is 23.3 Å². The Hall–Kier alpha value is -1.63. The molecule has 3 saturated heterocycles. The number of carbonyl (C=O) groups excluding carboxylic acids is 3. The summed E-state index contributed by atoms with van der Waals surface area (Å²) in [7, 11) is 0. The highest BCUT2D eigenvalue weighted by Crippen LogP contribution is 2.48. The molecule has 3 aliphatic heterocycles. The van der Waals surface area contributed by atoms with E-state index in [0.29, 0.717) is 13.1 Å². The quantitative estimate of drug-likeness (QED) is 0.351. The second kappa shape index (κ2) is 2.30. The molecule has 7 nitrogen and oxygen atoms in total. The van der Waals surface area contributed by atoms with E-state index in [9.17, 15) is 14.4 Å². The van der Waals surface area contributed by atoms with Crippen molar-refractivity contribution in [1.82, 2.24) is 10.6 Å². The molecule has 1 atom stereocenters. The molecule has 0 aliphatic carbocycles. The fourth-order valence-electron chi connectivity index (χ4n) is 2.19. The van der Waals surface area contributed by atoms with E-state index in [1.807, 2.05) is 0 Å². The molecule has 3 fully saturated rings. The van der Waals surface area contributed by atoms with Crippen LogP contribution in [0.3, 0.4) is 0 Å². The largest absolute Gasteiger partial charge is 0.421 e. The second-order valence-electron chi connectivity index (χ2n) is 3.98. The smallest absolute Gasteiger partial charge is 0.399 e. The van der Waals surface area contributed by atoms with E-state index >= 15 is 0 Å². The van der Waals surface area contributed by atoms with Crippen molar-refractivity contribution >= 4 is 17.8 Å². The SMILES string of the molecule is O=C1CC2(CN1)CNC21OC(=O)C(=O)O1. The molecular weight excluding hydrogens is 204 g/mol. The lowest BCUT2D eigenvalue weighted by Gasteiger charge is -2.50. The number of hydrogen-bond donors (Lipinski definition) is 2. The fourth-order valence-corrected chi connectivity index (χ4v) is 2.19. The minimum atomic E-state index is -1.42. The van der Waals surface area contributed by atoms with E-state index in [0.717, 1.165) is 0 Å². The van der Waals surface area contributed by atoms with Gasteiger partial charge in [-0.25, -0.2) is 14.9 Å². The summed E-state index contributed by atoms with van der Waals surface area (Å²) >= 11 is 0. The van der Waals surface area contributed by atoms with Gasteiger partial charge in [-0.05, 0) is 0 Å². The number of amides is 1. The van der Waals surface area contributed by atoms with Gasteiger partial charge in [0, 0.05) is 19.5 Å². The van der Waals surface area contributed by atoms with Gasteiger partial charge in [0.1, 0.15) is 5.41 Å². The third-order valence-corrected chi connectivity index (χ3v) is 3.12. The average molecular weight is 212 g/mol. The maximum absolute atomic E-state index is 11.1. The first-order valence-corrected chi connectivity index (χ1v) is 4.55. The van der Waals surface area contributed by atoms with Gasteiger partial charge in [0.25, 0.3) is 0 Å². The van der Waals surface area contributed by atoms with Crippen LogP contribution in [0.2, 0.25) is 0 Å². The Labute approximate surface area is 84.1 Å². The van der Waals surface area contributed by atoms with E-state index in [1.165, 1.54) is 0 Å². The van der Waals surface area contributed by atoms with Crippen LogP contribution in [0.15, 0.2) is 0 Å². The summed E-state index contributed by atoms with van der Waals surface area (Å²) in [5, 5.41) is 5.39. The highest BCUT2D eigenvalue weighted by Gasteiger charge is 2.71. The first-order chi connectivity index (χ1) is 7.07. The number of rotatable bonds is 0. The van der Waals surface area contributed by atoms with E-state index in [1.54, 1.807) is 0 Å². The van der Waals surface area contributed by atoms with Crippen molar-refractivity contribution in [3.05, 3.63) is 0 Å². The van der Waals surface area contributed by atoms with Crippen molar-refractivity contribution < 1.29 is 23.9 Å². The molecule has 0 aromatic carbocycles. The van der Waals surface area contributed by atoms with Crippen LogP contribution in [0, 0.1) is 5.41 Å². The number of esters is 2. The Balaban J connectivity index is 1.92. The topological polar surface area (TPSA) is 93.7 Å². The third-order valence-electron chi connectivity index (χ3n) is 3.12.